The van der Waals surface area contributed by atoms with Crippen LogP contribution in [0, 0.1) is 11.3 Å². The molecular formula is C14H17F3N2S. The van der Waals surface area contributed by atoms with Crippen LogP contribution in [0.1, 0.15) is 36.8 Å². The molecule has 3 N–H and O–H groups in total. The average molecular weight is 302 g/mol. The Kier molecular flexibility index (Phi) is 4.62. The van der Waals surface area contributed by atoms with E-state index < -0.39 is 11.7 Å². The van der Waals surface area contributed by atoms with Gasteiger partial charge in [-0.15, -0.1) is 11.8 Å². The maximum absolute atomic E-state index is 12.7. The van der Waals surface area contributed by atoms with Gasteiger partial charge in [-0.3, -0.25) is 5.41 Å². The molecule has 1 saturated carbocycles. The highest BCUT2D eigenvalue weighted by Crippen LogP contribution is 2.35. The van der Waals surface area contributed by atoms with Crippen molar-refractivity contribution in [3.05, 3.63) is 29.3 Å². The van der Waals surface area contributed by atoms with Gasteiger partial charge in [-0.2, -0.15) is 13.2 Å². The summed E-state index contributed by atoms with van der Waals surface area (Å²) in [6.07, 6.45) is 0.431. The highest BCUT2D eigenvalue weighted by atomic mass is 32.2. The van der Waals surface area contributed by atoms with Gasteiger partial charge in [0.25, 0.3) is 0 Å². The van der Waals surface area contributed by atoms with Gasteiger partial charge in [0.1, 0.15) is 5.84 Å². The summed E-state index contributed by atoms with van der Waals surface area (Å²) in [4.78, 5) is 0.664. The minimum absolute atomic E-state index is 0.183. The van der Waals surface area contributed by atoms with Gasteiger partial charge in [0, 0.05) is 16.2 Å². The summed E-state index contributed by atoms with van der Waals surface area (Å²) in [6, 6.07) is 3.46. The zero-order valence-corrected chi connectivity index (χ0v) is 11.8. The minimum Gasteiger partial charge on any atom is -0.384 e. The topological polar surface area (TPSA) is 49.9 Å². The third-order valence-corrected chi connectivity index (χ3v) is 4.85. The molecule has 0 radical (unpaired) electrons. The molecule has 1 fully saturated rings. The van der Waals surface area contributed by atoms with Crippen LogP contribution < -0.4 is 5.73 Å². The molecule has 1 aliphatic carbocycles. The standard InChI is InChI=1S/C14H17F3N2S/c15-14(16,17)10-5-6-12(11(7-10)13(18)19)20-8-9-3-1-2-4-9/h5-7,9H,1-4,8H2,(H3,18,19). The Morgan fingerprint density at radius 2 is 1.95 bits per heavy atom. The van der Waals surface area contributed by atoms with Crippen molar-refractivity contribution in [1.29, 1.82) is 5.41 Å². The van der Waals surface area contributed by atoms with Crippen LogP contribution in [0.3, 0.4) is 0 Å². The quantitative estimate of drug-likeness (QED) is 0.496. The van der Waals surface area contributed by atoms with Crippen molar-refractivity contribution in [1.82, 2.24) is 0 Å². The maximum atomic E-state index is 12.7. The molecule has 0 atom stereocenters. The summed E-state index contributed by atoms with van der Waals surface area (Å²) in [5.41, 5.74) is 4.84. The molecule has 1 aromatic rings. The number of nitrogens with two attached hydrogens (primary N) is 1. The maximum Gasteiger partial charge on any atom is 0.416 e. The second kappa shape index (κ2) is 6.08. The summed E-state index contributed by atoms with van der Waals surface area (Å²) in [7, 11) is 0. The second-order valence-electron chi connectivity index (χ2n) is 5.08. The third-order valence-electron chi connectivity index (χ3n) is 3.55. The molecule has 0 amide bonds. The molecule has 1 aliphatic rings. The van der Waals surface area contributed by atoms with Crippen molar-refractivity contribution in [3.63, 3.8) is 0 Å². The van der Waals surface area contributed by atoms with Crippen LogP contribution >= 0.6 is 11.8 Å². The molecule has 0 bridgehead atoms. The van der Waals surface area contributed by atoms with E-state index in [0.717, 1.165) is 17.9 Å². The highest BCUT2D eigenvalue weighted by molar-refractivity contribution is 7.99. The Hall–Kier alpha value is -1.17. The molecular weight excluding hydrogens is 285 g/mol. The van der Waals surface area contributed by atoms with Crippen molar-refractivity contribution in [2.45, 2.75) is 36.8 Å². The van der Waals surface area contributed by atoms with E-state index in [1.807, 2.05) is 0 Å². The van der Waals surface area contributed by atoms with Crippen LogP contribution in [0.2, 0.25) is 0 Å². The van der Waals surface area contributed by atoms with Crippen molar-refractivity contribution in [3.8, 4) is 0 Å². The molecule has 6 heteroatoms. The fourth-order valence-corrected chi connectivity index (χ4v) is 3.66. The summed E-state index contributed by atoms with van der Waals surface area (Å²) in [5, 5.41) is 7.46. The number of hydrogen-bond donors (Lipinski definition) is 2. The molecule has 0 heterocycles. The number of hydrogen-bond acceptors (Lipinski definition) is 2. The van der Waals surface area contributed by atoms with E-state index >= 15 is 0 Å². The number of alkyl halides is 3. The Morgan fingerprint density at radius 1 is 1.30 bits per heavy atom. The zero-order chi connectivity index (χ0) is 14.8. The first kappa shape index (κ1) is 15.2. The molecule has 1 aromatic carbocycles. The number of benzene rings is 1. The van der Waals surface area contributed by atoms with Gasteiger partial charge in [-0.1, -0.05) is 12.8 Å². The Morgan fingerprint density at radius 3 is 2.50 bits per heavy atom. The fourth-order valence-electron chi connectivity index (χ4n) is 2.43. The highest BCUT2D eigenvalue weighted by Gasteiger charge is 2.31. The zero-order valence-electron chi connectivity index (χ0n) is 11.0. The van der Waals surface area contributed by atoms with E-state index in [4.69, 9.17) is 11.1 Å². The average Bonchev–Trinajstić information content (AvgIpc) is 2.88. The van der Waals surface area contributed by atoms with Crippen molar-refractivity contribution in [2.75, 3.05) is 5.75 Å². The Labute approximate surface area is 120 Å². The summed E-state index contributed by atoms with van der Waals surface area (Å²) < 4.78 is 38.0. The van der Waals surface area contributed by atoms with E-state index in [1.165, 1.54) is 43.5 Å². The first-order chi connectivity index (χ1) is 9.38. The molecule has 0 aromatic heterocycles. The number of rotatable bonds is 4. The monoisotopic (exact) mass is 302 g/mol. The van der Waals surface area contributed by atoms with Crippen LogP contribution in [0.15, 0.2) is 23.1 Å². The first-order valence-corrected chi connectivity index (χ1v) is 7.55. The number of thioether (sulfide) groups is 1. The van der Waals surface area contributed by atoms with Crippen molar-refractivity contribution in [2.24, 2.45) is 11.7 Å². The number of nitrogens with one attached hydrogen (secondary N) is 1. The van der Waals surface area contributed by atoms with E-state index in [0.29, 0.717) is 10.8 Å². The summed E-state index contributed by atoms with van der Waals surface area (Å²) in [5.74, 6) is 1.19. The van der Waals surface area contributed by atoms with Gasteiger partial charge in [-0.05, 0) is 37.0 Å². The lowest BCUT2D eigenvalue weighted by atomic mass is 10.1. The normalized spacial score (nSPS) is 16.6. The predicted octanol–water partition coefficient (Wildman–Crippen LogP) is 4.27. The van der Waals surface area contributed by atoms with Crippen LogP contribution in [0.25, 0.3) is 0 Å². The van der Waals surface area contributed by atoms with Crippen LogP contribution in [0.5, 0.6) is 0 Å². The van der Waals surface area contributed by atoms with E-state index in [2.05, 4.69) is 0 Å². The molecule has 0 aliphatic heterocycles. The lowest BCUT2D eigenvalue weighted by molar-refractivity contribution is -0.137. The minimum atomic E-state index is -4.40. The predicted molar refractivity (Wildman–Crippen MR) is 75.1 cm³/mol. The lowest BCUT2D eigenvalue weighted by Gasteiger charge is -2.14. The van der Waals surface area contributed by atoms with Gasteiger partial charge in [0.15, 0.2) is 0 Å². The molecule has 2 nitrogen and oxygen atoms in total. The fraction of sp³-hybridized carbons (Fsp3) is 0.500. The van der Waals surface area contributed by atoms with Crippen LogP contribution in [-0.2, 0) is 6.18 Å². The molecule has 110 valence electrons. The van der Waals surface area contributed by atoms with Crippen molar-refractivity contribution < 1.29 is 13.2 Å². The third kappa shape index (κ3) is 3.69. The van der Waals surface area contributed by atoms with Gasteiger partial charge < -0.3 is 5.73 Å². The van der Waals surface area contributed by atoms with Crippen LogP contribution in [0.4, 0.5) is 13.2 Å². The summed E-state index contributed by atoms with van der Waals surface area (Å²) >= 11 is 1.50. The number of amidine groups is 1. The van der Waals surface area contributed by atoms with Gasteiger partial charge in [0.2, 0.25) is 0 Å². The van der Waals surface area contributed by atoms with E-state index in [1.54, 1.807) is 0 Å². The largest absolute Gasteiger partial charge is 0.416 e. The molecule has 0 unspecified atom stereocenters. The van der Waals surface area contributed by atoms with Gasteiger partial charge in [0.05, 0.1) is 5.56 Å². The number of halogens is 3. The number of nitrogen functional groups attached to an aromatic ring is 1. The molecule has 20 heavy (non-hydrogen) atoms. The Bertz CT molecular complexity index is 494. The van der Waals surface area contributed by atoms with E-state index in [-0.39, 0.29) is 11.4 Å². The van der Waals surface area contributed by atoms with E-state index in [9.17, 15) is 13.2 Å². The smallest absolute Gasteiger partial charge is 0.384 e. The first-order valence-electron chi connectivity index (χ1n) is 6.56. The summed E-state index contributed by atoms with van der Waals surface area (Å²) in [6.45, 7) is 0. The molecule has 0 saturated heterocycles. The lowest BCUT2D eigenvalue weighted by Crippen LogP contribution is -2.15. The van der Waals surface area contributed by atoms with Crippen LogP contribution in [-0.4, -0.2) is 11.6 Å². The van der Waals surface area contributed by atoms with Gasteiger partial charge in [-0.25, -0.2) is 0 Å². The van der Waals surface area contributed by atoms with Gasteiger partial charge >= 0.3 is 6.18 Å². The molecule has 2 rings (SSSR count). The van der Waals surface area contributed by atoms with Crippen molar-refractivity contribution >= 4 is 17.6 Å². The molecule has 0 spiro atoms. The second-order valence-corrected chi connectivity index (χ2v) is 6.15. The SMILES string of the molecule is N=C(N)c1cc(C(F)(F)F)ccc1SCC1CCCC1. The Balaban J connectivity index is 2.17.